The van der Waals surface area contributed by atoms with E-state index in [2.05, 4.69) is 10.6 Å². The molecule has 2 rings (SSSR count). The molecule has 0 spiro atoms. The second-order valence-corrected chi connectivity index (χ2v) is 5.12. The molecule has 108 valence electrons. The number of ether oxygens (including phenoxy) is 2. The topological polar surface area (TPSA) is 59.6 Å². The molecule has 1 aliphatic rings. The number of hydrogen-bond donors (Lipinski definition) is 2. The molecule has 2 atom stereocenters. The number of nitrogens with one attached hydrogen (secondary N) is 2. The van der Waals surface area contributed by atoms with E-state index < -0.39 is 0 Å². The average molecular weight is 294 g/mol. The molecule has 0 saturated carbocycles. The first kappa shape index (κ1) is 14.6. The Morgan fingerprint density at radius 3 is 2.70 bits per heavy atom. The van der Waals surface area contributed by atoms with Gasteiger partial charge in [-0.25, -0.2) is 4.79 Å². The molecule has 1 saturated heterocycles. The van der Waals surface area contributed by atoms with E-state index in [1.807, 2.05) is 31.2 Å². The summed E-state index contributed by atoms with van der Waals surface area (Å²) in [5.74, 6) is 0.572. The van der Waals surface area contributed by atoms with Gasteiger partial charge in [0.15, 0.2) is 5.11 Å². The third kappa shape index (κ3) is 3.84. The third-order valence-corrected chi connectivity index (χ3v) is 3.35. The Bertz CT molecular complexity index is 490. The number of carbonyl (C=O) groups excluding carboxylic acids is 1. The first-order valence-electron chi connectivity index (χ1n) is 6.46. The lowest BCUT2D eigenvalue weighted by atomic mass is 10.2. The van der Waals surface area contributed by atoms with Crippen molar-refractivity contribution in [1.29, 1.82) is 0 Å². The molecule has 0 aromatic heterocycles. The molecular formula is C14H18N2O3S. The highest BCUT2D eigenvalue weighted by molar-refractivity contribution is 7.80. The highest BCUT2D eigenvalue weighted by Gasteiger charge is 2.32. The molecule has 2 N–H and O–H groups in total. The van der Waals surface area contributed by atoms with E-state index in [9.17, 15) is 4.79 Å². The molecular weight excluding hydrogens is 276 g/mol. The van der Waals surface area contributed by atoms with Crippen molar-refractivity contribution in [2.75, 3.05) is 7.11 Å². The van der Waals surface area contributed by atoms with Crippen LogP contribution in [0.2, 0.25) is 0 Å². The van der Waals surface area contributed by atoms with Crippen LogP contribution in [-0.2, 0) is 16.1 Å². The maximum Gasteiger partial charge on any atom is 0.329 e. The molecule has 0 unspecified atom stereocenters. The smallest absolute Gasteiger partial charge is 0.329 e. The van der Waals surface area contributed by atoms with Gasteiger partial charge in [-0.05, 0) is 36.8 Å². The van der Waals surface area contributed by atoms with Crippen LogP contribution < -0.4 is 15.4 Å². The summed E-state index contributed by atoms with van der Waals surface area (Å²) >= 11 is 5.18. The van der Waals surface area contributed by atoms with Crippen LogP contribution in [0.4, 0.5) is 0 Å². The Balaban J connectivity index is 1.78. The van der Waals surface area contributed by atoms with Crippen molar-refractivity contribution in [3.8, 4) is 5.75 Å². The zero-order valence-electron chi connectivity index (χ0n) is 11.5. The summed E-state index contributed by atoms with van der Waals surface area (Å²) in [4.78, 5) is 11.5. The van der Waals surface area contributed by atoms with Gasteiger partial charge in [0.1, 0.15) is 17.9 Å². The van der Waals surface area contributed by atoms with E-state index in [1.54, 1.807) is 7.11 Å². The minimum Gasteiger partial charge on any atom is -0.497 e. The molecule has 1 heterocycles. The molecule has 1 aromatic rings. The van der Waals surface area contributed by atoms with Gasteiger partial charge >= 0.3 is 5.97 Å². The average Bonchev–Trinajstić information content (AvgIpc) is 2.75. The van der Waals surface area contributed by atoms with E-state index >= 15 is 0 Å². The van der Waals surface area contributed by atoms with Crippen molar-refractivity contribution < 1.29 is 14.3 Å². The molecule has 0 aliphatic carbocycles. The number of thiocarbonyl (C=S) groups is 1. The van der Waals surface area contributed by atoms with E-state index in [0.29, 0.717) is 18.1 Å². The second-order valence-electron chi connectivity index (χ2n) is 4.71. The van der Waals surface area contributed by atoms with E-state index in [4.69, 9.17) is 21.7 Å². The summed E-state index contributed by atoms with van der Waals surface area (Å²) in [7, 11) is 1.63. The molecule has 20 heavy (non-hydrogen) atoms. The van der Waals surface area contributed by atoms with Gasteiger partial charge in [-0.15, -0.1) is 0 Å². The standard InChI is InChI=1S/C14H18N2O3S/c1-9-7-12(13(17)19-9)16-14(20)15-8-10-3-5-11(18-2)6-4-10/h3-6,9,12H,7-8H2,1-2H3,(H2,15,16,20)/t9-,12+/m0/s1. The van der Waals surface area contributed by atoms with Crippen LogP contribution in [0.1, 0.15) is 18.9 Å². The Kier molecular flexibility index (Phi) is 4.79. The molecule has 5 nitrogen and oxygen atoms in total. The number of hydrogen-bond acceptors (Lipinski definition) is 4. The predicted molar refractivity (Wildman–Crippen MR) is 79.5 cm³/mol. The van der Waals surface area contributed by atoms with Crippen LogP contribution in [0.3, 0.4) is 0 Å². The third-order valence-electron chi connectivity index (χ3n) is 3.09. The van der Waals surface area contributed by atoms with Crippen LogP contribution in [0.25, 0.3) is 0 Å². The molecule has 1 aromatic carbocycles. The van der Waals surface area contributed by atoms with Crippen LogP contribution in [0, 0.1) is 0 Å². The number of rotatable bonds is 4. The van der Waals surface area contributed by atoms with E-state index in [0.717, 1.165) is 11.3 Å². The molecule has 6 heteroatoms. The SMILES string of the molecule is COc1ccc(CNC(=S)N[C@@H]2C[C@H](C)OC2=O)cc1. The first-order chi connectivity index (χ1) is 9.58. The van der Waals surface area contributed by atoms with Crippen LogP contribution in [0.5, 0.6) is 5.75 Å². The second kappa shape index (κ2) is 6.56. The summed E-state index contributed by atoms with van der Waals surface area (Å²) in [6, 6.07) is 7.36. The van der Waals surface area contributed by atoms with Gasteiger partial charge in [0.2, 0.25) is 0 Å². The fourth-order valence-electron chi connectivity index (χ4n) is 2.01. The van der Waals surface area contributed by atoms with Gasteiger partial charge in [0.25, 0.3) is 0 Å². The Morgan fingerprint density at radius 1 is 1.45 bits per heavy atom. The maximum absolute atomic E-state index is 11.5. The van der Waals surface area contributed by atoms with Gasteiger partial charge in [-0.2, -0.15) is 0 Å². The lowest BCUT2D eigenvalue weighted by Crippen LogP contribution is -2.43. The molecule has 1 aliphatic heterocycles. The minimum absolute atomic E-state index is 0.0515. The van der Waals surface area contributed by atoms with Crippen LogP contribution in [-0.4, -0.2) is 30.3 Å². The largest absolute Gasteiger partial charge is 0.497 e. The van der Waals surface area contributed by atoms with Gasteiger partial charge in [-0.3, -0.25) is 0 Å². The summed E-state index contributed by atoms with van der Waals surface area (Å²) in [6.45, 7) is 2.46. The van der Waals surface area contributed by atoms with Crippen molar-refractivity contribution in [1.82, 2.24) is 10.6 Å². The maximum atomic E-state index is 11.5. The zero-order chi connectivity index (χ0) is 14.5. The lowest BCUT2D eigenvalue weighted by Gasteiger charge is -2.13. The van der Waals surface area contributed by atoms with Gasteiger partial charge in [0.05, 0.1) is 7.11 Å². The number of benzene rings is 1. The quantitative estimate of drug-likeness (QED) is 0.646. The monoisotopic (exact) mass is 294 g/mol. The zero-order valence-corrected chi connectivity index (χ0v) is 12.3. The van der Waals surface area contributed by atoms with Crippen molar-refractivity contribution in [2.24, 2.45) is 0 Å². The van der Waals surface area contributed by atoms with E-state index in [-0.39, 0.29) is 18.1 Å². The Labute approximate surface area is 123 Å². The summed E-state index contributed by atoms with van der Waals surface area (Å²) in [5, 5.41) is 6.50. The number of cyclic esters (lactones) is 1. The summed E-state index contributed by atoms with van der Waals surface area (Å²) < 4.78 is 10.2. The van der Waals surface area contributed by atoms with Crippen molar-refractivity contribution >= 4 is 23.3 Å². The van der Waals surface area contributed by atoms with Crippen molar-refractivity contribution in [3.63, 3.8) is 0 Å². The predicted octanol–water partition coefficient (Wildman–Crippen LogP) is 1.36. The molecule has 0 bridgehead atoms. The lowest BCUT2D eigenvalue weighted by molar-refractivity contribution is -0.142. The Hall–Kier alpha value is -1.82. The van der Waals surface area contributed by atoms with Gasteiger partial charge < -0.3 is 20.1 Å². The fourth-order valence-corrected chi connectivity index (χ4v) is 2.22. The molecule has 1 fully saturated rings. The van der Waals surface area contributed by atoms with Gasteiger partial charge in [-0.1, -0.05) is 12.1 Å². The van der Waals surface area contributed by atoms with Gasteiger partial charge in [0, 0.05) is 13.0 Å². The van der Waals surface area contributed by atoms with Crippen molar-refractivity contribution in [2.45, 2.75) is 32.0 Å². The van der Waals surface area contributed by atoms with Crippen LogP contribution >= 0.6 is 12.2 Å². The highest BCUT2D eigenvalue weighted by Crippen LogP contribution is 2.14. The number of esters is 1. The van der Waals surface area contributed by atoms with Crippen LogP contribution in [0.15, 0.2) is 24.3 Å². The summed E-state index contributed by atoms with van der Waals surface area (Å²) in [5.41, 5.74) is 1.08. The Morgan fingerprint density at radius 2 is 2.15 bits per heavy atom. The normalized spacial score (nSPS) is 21.2. The van der Waals surface area contributed by atoms with Crippen molar-refractivity contribution in [3.05, 3.63) is 29.8 Å². The van der Waals surface area contributed by atoms with E-state index in [1.165, 1.54) is 0 Å². The highest BCUT2D eigenvalue weighted by atomic mass is 32.1. The summed E-state index contributed by atoms with van der Waals surface area (Å²) in [6.07, 6.45) is 0.591. The number of carbonyl (C=O) groups is 1. The first-order valence-corrected chi connectivity index (χ1v) is 6.87. The number of methoxy groups -OCH3 is 1. The molecule has 0 amide bonds. The fraction of sp³-hybridized carbons (Fsp3) is 0.429. The minimum atomic E-state index is -0.346. The molecule has 0 radical (unpaired) electrons.